The lowest BCUT2D eigenvalue weighted by atomic mass is 9.86. The lowest BCUT2D eigenvalue weighted by Crippen LogP contribution is -2.29. The number of hydrogen-bond acceptors (Lipinski definition) is 2. The van der Waals surface area contributed by atoms with E-state index in [9.17, 15) is 10.2 Å². The fourth-order valence-electron chi connectivity index (χ4n) is 2.59. The summed E-state index contributed by atoms with van der Waals surface area (Å²) in [5, 5.41) is 21.3. The summed E-state index contributed by atoms with van der Waals surface area (Å²) in [5.74, 6) is 0. The van der Waals surface area contributed by atoms with Gasteiger partial charge in [0.2, 0.25) is 0 Å². The molecule has 0 unspecified atom stereocenters. The molecule has 0 aromatic heterocycles. The van der Waals surface area contributed by atoms with Crippen molar-refractivity contribution in [3.8, 4) is 0 Å². The largest absolute Gasteiger partial charge is 0.386 e. The van der Waals surface area contributed by atoms with Gasteiger partial charge in [-0.1, -0.05) is 42.0 Å². The maximum atomic E-state index is 10.8. The number of allylic oxidation sites excluding steroid dienone is 4. The van der Waals surface area contributed by atoms with Crippen LogP contribution in [0.1, 0.15) is 66.2 Å². The third-order valence-electron chi connectivity index (χ3n) is 4.53. The highest BCUT2D eigenvalue weighted by molar-refractivity contribution is 5.23. The van der Waals surface area contributed by atoms with Gasteiger partial charge in [-0.25, -0.2) is 0 Å². The van der Waals surface area contributed by atoms with Crippen molar-refractivity contribution in [1.82, 2.24) is 0 Å². The number of rotatable bonds is 1. The summed E-state index contributed by atoms with van der Waals surface area (Å²) in [4.78, 5) is 0. The molecule has 2 N–H and O–H groups in total. The van der Waals surface area contributed by atoms with Gasteiger partial charge >= 0.3 is 0 Å². The molecule has 2 atom stereocenters. The molecule has 0 saturated heterocycles. The molecule has 0 aromatic carbocycles. The normalized spacial score (nSPS) is 38.1. The first-order chi connectivity index (χ1) is 10.1. The van der Waals surface area contributed by atoms with Gasteiger partial charge in [-0.15, -0.1) is 0 Å². The highest BCUT2D eigenvalue weighted by Gasteiger charge is 2.26. The van der Waals surface area contributed by atoms with Crippen molar-refractivity contribution in [2.75, 3.05) is 0 Å². The molecule has 124 valence electrons. The molecule has 0 fully saturated rings. The fraction of sp³-hybridized carbons (Fsp3) is 0.600. The van der Waals surface area contributed by atoms with E-state index in [-0.39, 0.29) is 0 Å². The minimum absolute atomic E-state index is 0.603. The molecule has 0 radical (unpaired) electrons. The van der Waals surface area contributed by atoms with Gasteiger partial charge in [-0.05, 0) is 71.8 Å². The van der Waals surface area contributed by atoms with Gasteiger partial charge in [0.05, 0.1) is 5.60 Å². The Balaban J connectivity index is 3.03. The van der Waals surface area contributed by atoms with Crippen LogP contribution in [-0.4, -0.2) is 21.4 Å². The van der Waals surface area contributed by atoms with E-state index in [1.165, 1.54) is 11.1 Å². The van der Waals surface area contributed by atoms with E-state index in [0.717, 1.165) is 31.3 Å². The van der Waals surface area contributed by atoms with Gasteiger partial charge in [0.15, 0.2) is 0 Å². The van der Waals surface area contributed by atoms with Crippen molar-refractivity contribution >= 4 is 0 Å². The quantitative estimate of drug-likeness (QED) is 0.680. The molecule has 0 saturated carbocycles. The molecule has 0 aromatic rings. The third kappa shape index (κ3) is 6.33. The Kier molecular flexibility index (Phi) is 6.83. The van der Waals surface area contributed by atoms with Crippen molar-refractivity contribution in [2.24, 2.45) is 0 Å². The van der Waals surface area contributed by atoms with Crippen LogP contribution < -0.4 is 0 Å². The number of aliphatic hydroxyl groups is 2. The van der Waals surface area contributed by atoms with Crippen LogP contribution in [0.15, 0.2) is 47.6 Å². The summed E-state index contributed by atoms with van der Waals surface area (Å²) < 4.78 is 0. The van der Waals surface area contributed by atoms with Crippen LogP contribution in [-0.2, 0) is 0 Å². The van der Waals surface area contributed by atoms with E-state index in [1.807, 2.05) is 6.92 Å². The predicted molar refractivity (Wildman–Crippen MR) is 94.7 cm³/mol. The Morgan fingerprint density at radius 1 is 1.00 bits per heavy atom. The lowest BCUT2D eigenvalue weighted by molar-refractivity contribution is 0.0917. The van der Waals surface area contributed by atoms with Crippen molar-refractivity contribution < 1.29 is 10.2 Å². The Bertz CT molecular complexity index is 480. The summed E-state index contributed by atoms with van der Waals surface area (Å²) in [6.45, 7) is 11.8. The average Bonchev–Trinajstić information content (AvgIpc) is 2.42. The van der Waals surface area contributed by atoms with Gasteiger partial charge < -0.3 is 10.2 Å². The number of hydrogen-bond donors (Lipinski definition) is 2. The van der Waals surface area contributed by atoms with Crippen LogP contribution in [0.5, 0.6) is 0 Å². The van der Waals surface area contributed by atoms with Gasteiger partial charge in [0.1, 0.15) is 5.60 Å². The molecule has 0 spiro atoms. The van der Waals surface area contributed by atoms with Gasteiger partial charge in [0, 0.05) is 0 Å². The van der Waals surface area contributed by atoms with Crippen LogP contribution in [0.25, 0.3) is 0 Å². The second kappa shape index (κ2) is 7.94. The highest BCUT2D eigenvalue weighted by atomic mass is 16.3. The van der Waals surface area contributed by atoms with E-state index in [4.69, 9.17) is 0 Å². The SMILES string of the molecule is C=C(C)[C@@]1(O)/C=C/[C@@](C)(O)CC/C=C(\C)CC/C=C(\C)CC1. The van der Waals surface area contributed by atoms with Crippen LogP contribution in [0, 0.1) is 0 Å². The smallest absolute Gasteiger partial charge is 0.104 e. The molecule has 0 heterocycles. The monoisotopic (exact) mass is 304 g/mol. The van der Waals surface area contributed by atoms with Crippen molar-refractivity contribution in [3.05, 3.63) is 47.6 Å². The summed E-state index contributed by atoms with van der Waals surface area (Å²) in [7, 11) is 0. The Morgan fingerprint density at radius 3 is 2.23 bits per heavy atom. The van der Waals surface area contributed by atoms with Gasteiger partial charge in [-0.2, -0.15) is 0 Å². The molecule has 2 heteroatoms. The summed E-state index contributed by atoms with van der Waals surface area (Å²) in [5.41, 5.74) is 1.43. The first-order valence-corrected chi connectivity index (χ1v) is 8.27. The first-order valence-electron chi connectivity index (χ1n) is 8.27. The molecule has 1 rings (SSSR count). The van der Waals surface area contributed by atoms with E-state index in [2.05, 4.69) is 32.6 Å². The lowest BCUT2D eigenvalue weighted by Gasteiger charge is -2.28. The van der Waals surface area contributed by atoms with Gasteiger partial charge in [0.25, 0.3) is 0 Å². The zero-order chi connectivity index (χ0) is 16.8. The summed E-state index contributed by atoms with van der Waals surface area (Å²) in [6.07, 6.45) is 13.0. The van der Waals surface area contributed by atoms with Crippen molar-refractivity contribution in [3.63, 3.8) is 0 Å². The second-order valence-corrected chi connectivity index (χ2v) is 7.07. The van der Waals surface area contributed by atoms with E-state index >= 15 is 0 Å². The molecule has 0 amide bonds. The molecule has 0 bridgehead atoms. The van der Waals surface area contributed by atoms with E-state index < -0.39 is 11.2 Å². The van der Waals surface area contributed by atoms with Crippen LogP contribution >= 0.6 is 0 Å². The first kappa shape index (κ1) is 18.9. The summed E-state index contributed by atoms with van der Waals surface area (Å²) in [6, 6.07) is 0. The van der Waals surface area contributed by atoms with Crippen LogP contribution in [0.2, 0.25) is 0 Å². The second-order valence-electron chi connectivity index (χ2n) is 7.07. The molecule has 1 aliphatic rings. The average molecular weight is 304 g/mol. The third-order valence-corrected chi connectivity index (χ3v) is 4.53. The Hall–Kier alpha value is -1.12. The van der Waals surface area contributed by atoms with Crippen molar-refractivity contribution in [2.45, 2.75) is 77.4 Å². The topological polar surface area (TPSA) is 40.5 Å². The minimum atomic E-state index is -1.05. The molecule has 2 nitrogen and oxygen atoms in total. The van der Waals surface area contributed by atoms with Crippen molar-refractivity contribution in [1.29, 1.82) is 0 Å². The van der Waals surface area contributed by atoms with Gasteiger partial charge in [-0.3, -0.25) is 0 Å². The Morgan fingerprint density at radius 2 is 1.59 bits per heavy atom. The molecule has 1 aliphatic carbocycles. The minimum Gasteiger partial charge on any atom is -0.386 e. The molecular formula is C20H32O2. The molecular weight excluding hydrogens is 272 g/mol. The maximum absolute atomic E-state index is 10.8. The zero-order valence-electron chi connectivity index (χ0n) is 14.7. The van der Waals surface area contributed by atoms with Crippen LogP contribution in [0.3, 0.4) is 0 Å². The Labute approximate surface area is 135 Å². The fourth-order valence-corrected chi connectivity index (χ4v) is 2.59. The zero-order valence-corrected chi connectivity index (χ0v) is 14.7. The molecule has 22 heavy (non-hydrogen) atoms. The standard InChI is InChI=1S/C20H32O2/c1-16(2)20(22)13-11-18(4)9-6-8-17(3)10-7-12-19(5,21)14-15-20/h9-10,14-15,21-22H,1,6-8,11-13H2,2-5H3/b15-14+,17-10+,18-9+/t19-,20-/m0/s1. The van der Waals surface area contributed by atoms with E-state index in [0.29, 0.717) is 12.8 Å². The van der Waals surface area contributed by atoms with Crippen LogP contribution in [0.4, 0.5) is 0 Å². The highest BCUT2D eigenvalue weighted by Crippen LogP contribution is 2.28. The molecule has 0 aliphatic heterocycles. The van der Waals surface area contributed by atoms with E-state index in [1.54, 1.807) is 19.1 Å². The summed E-state index contributed by atoms with van der Waals surface area (Å²) >= 11 is 0. The predicted octanol–water partition coefficient (Wildman–Crippen LogP) is 4.85. The maximum Gasteiger partial charge on any atom is 0.104 e.